The van der Waals surface area contributed by atoms with Gasteiger partial charge in [0.05, 0.1) is 18.3 Å². The summed E-state index contributed by atoms with van der Waals surface area (Å²) in [5.74, 6) is -0.574. The molecule has 1 atom stereocenters. The molecule has 4 rings (SSSR count). The summed E-state index contributed by atoms with van der Waals surface area (Å²) >= 11 is 0. The molecule has 2 aliphatic carbocycles. The highest BCUT2D eigenvalue weighted by molar-refractivity contribution is 6.02. The first-order valence-corrected chi connectivity index (χ1v) is 10.6. The Balaban J connectivity index is 1.89. The minimum Gasteiger partial charge on any atom is -0.493 e. The Morgan fingerprint density at radius 2 is 1.90 bits per heavy atom. The molecule has 0 aromatic heterocycles. The summed E-state index contributed by atoms with van der Waals surface area (Å²) in [6.07, 6.45) is 2.57. The SMILES string of the molecule is [2H]C([2H])([2H])Oc1ccc(-c2cccc3c2CCC3=O)c(OC(CC)C2(C(=O)O)CCC2)c1OC. The summed E-state index contributed by atoms with van der Waals surface area (Å²) in [5.41, 5.74) is 1.88. The maximum Gasteiger partial charge on any atom is 0.313 e. The first-order chi connectivity index (χ1) is 16.1. The summed E-state index contributed by atoms with van der Waals surface area (Å²) in [4.78, 5) is 24.5. The normalized spacial score (nSPS) is 19.3. The Hall–Kier alpha value is -3.02. The van der Waals surface area contributed by atoms with Gasteiger partial charge in [-0.15, -0.1) is 0 Å². The van der Waals surface area contributed by atoms with E-state index in [1.165, 1.54) is 13.2 Å². The zero-order valence-electron chi connectivity index (χ0n) is 20.7. The molecule has 0 radical (unpaired) electrons. The lowest BCUT2D eigenvalue weighted by atomic mass is 9.64. The number of rotatable bonds is 8. The average molecular weight is 428 g/mol. The molecule has 1 N–H and O–H groups in total. The van der Waals surface area contributed by atoms with Crippen LogP contribution in [0.15, 0.2) is 30.3 Å². The van der Waals surface area contributed by atoms with Crippen LogP contribution in [0.3, 0.4) is 0 Å². The first kappa shape index (κ1) is 17.6. The highest BCUT2D eigenvalue weighted by atomic mass is 16.5. The number of carboxylic acids is 1. The van der Waals surface area contributed by atoms with Crippen molar-refractivity contribution >= 4 is 11.8 Å². The summed E-state index contributed by atoms with van der Waals surface area (Å²) in [6, 6.07) is 8.64. The van der Waals surface area contributed by atoms with E-state index in [0.717, 1.165) is 17.5 Å². The molecule has 164 valence electrons. The zero-order chi connectivity index (χ0) is 24.7. The summed E-state index contributed by atoms with van der Waals surface area (Å²) < 4.78 is 39.8. The van der Waals surface area contributed by atoms with Crippen LogP contribution in [-0.2, 0) is 11.2 Å². The van der Waals surface area contributed by atoms with Gasteiger partial charge < -0.3 is 19.3 Å². The molecule has 31 heavy (non-hydrogen) atoms. The Labute approximate surface area is 186 Å². The lowest BCUT2D eigenvalue weighted by molar-refractivity contribution is -0.163. The number of carboxylic acid groups (broad SMARTS) is 1. The maximum atomic E-state index is 12.3. The largest absolute Gasteiger partial charge is 0.493 e. The van der Waals surface area contributed by atoms with Crippen LogP contribution >= 0.6 is 0 Å². The van der Waals surface area contributed by atoms with Gasteiger partial charge in [0, 0.05) is 17.5 Å². The molecule has 1 unspecified atom stereocenters. The Morgan fingerprint density at radius 3 is 2.52 bits per heavy atom. The van der Waals surface area contributed by atoms with E-state index in [1.807, 2.05) is 13.0 Å². The average Bonchev–Trinajstić information content (AvgIpc) is 3.12. The van der Waals surface area contributed by atoms with Gasteiger partial charge in [-0.25, -0.2) is 0 Å². The quantitative estimate of drug-likeness (QED) is 0.644. The number of fused-ring (bicyclic) bond motifs is 1. The molecule has 6 heteroatoms. The Morgan fingerprint density at radius 1 is 1.13 bits per heavy atom. The van der Waals surface area contributed by atoms with Gasteiger partial charge in [-0.3, -0.25) is 9.59 Å². The van der Waals surface area contributed by atoms with E-state index in [-0.39, 0.29) is 23.0 Å². The van der Waals surface area contributed by atoms with Crippen LogP contribution in [0.2, 0.25) is 0 Å². The molecule has 2 aromatic carbocycles. The number of benzene rings is 2. The molecule has 0 spiro atoms. The molecule has 0 saturated heterocycles. The van der Waals surface area contributed by atoms with Gasteiger partial charge in [0.25, 0.3) is 0 Å². The fourth-order valence-corrected chi connectivity index (χ4v) is 4.85. The molecule has 2 aromatic rings. The molecule has 2 aliphatic rings. The zero-order valence-corrected chi connectivity index (χ0v) is 17.7. The van der Waals surface area contributed by atoms with E-state index < -0.39 is 24.5 Å². The fourth-order valence-electron chi connectivity index (χ4n) is 4.85. The van der Waals surface area contributed by atoms with Crippen LogP contribution in [0.5, 0.6) is 17.2 Å². The van der Waals surface area contributed by atoms with E-state index in [9.17, 15) is 14.7 Å². The topological polar surface area (TPSA) is 82.1 Å². The summed E-state index contributed by atoms with van der Waals surface area (Å²) in [6.45, 7) is 1.86. The highest BCUT2D eigenvalue weighted by Gasteiger charge is 2.52. The molecule has 0 bridgehead atoms. The lowest BCUT2D eigenvalue weighted by Crippen LogP contribution is -2.50. The third kappa shape index (κ3) is 3.34. The third-order valence-electron chi connectivity index (χ3n) is 6.68. The van der Waals surface area contributed by atoms with Crippen molar-refractivity contribution in [2.75, 3.05) is 14.1 Å². The molecule has 1 fully saturated rings. The van der Waals surface area contributed by atoms with Gasteiger partial charge >= 0.3 is 5.97 Å². The van der Waals surface area contributed by atoms with Crippen LogP contribution in [0, 0.1) is 5.41 Å². The van der Waals surface area contributed by atoms with Crippen molar-refractivity contribution in [3.63, 3.8) is 0 Å². The van der Waals surface area contributed by atoms with Crippen LogP contribution in [0.25, 0.3) is 11.1 Å². The first-order valence-electron chi connectivity index (χ1n) is 12.1. The van der Waals surface area contributed by atoms with Crippen molar-refractivity contribution in [1.82, 2.24) is 0 Å². The monoisotopic (exact) mass is 427 g/mol. The van der Waals surface area contributed by atoms with Crippen molar-refractivity contribution < 1.29 is 33.0 Å². The van der Waals surface area contributed by atoms with Crippen molar-refractivity contribution in [3.05, 3.63) is 41.5 Å². The summed E-state index contributed by atoms with van der Waals surface area (Å²) in [5, 5.41) is 9.99. The molecular weight excluding hydrogens is 396 g/mol. The number of hydrogen-bond acceptors (Lipinski definition) is 5. The van der Waals surface area contributed by atoms with E-state index in [0.29, 0.717) is 43.2 Å². The van der Waals surface area contributed by atoms with E-state index >= 15 is 0 Å². The maximum absolute atomic E-state index is 12.3. The van der Waals surface area contributed by atoms with Crippen LogP contribution in [0.4, 0.5) is 0 Å². The van der Waals surface area contributed by atoms with Gasteiger partial charge in [-0.1, -0.05) is 31.5 Å². The molecular formula is C25H28O6. The number of ether oxygens (including phenoxy) is 3. The number of carbonyl (C=O) groups is 2. The number of Topliss-reactive ketones (excluding diaryl/α,β-unsaturated/α-hetero) is 1. The minimum absolute atomic E-state index is 0.0299. The fraction of sp³-hybridized carbons (Fsp3) is 0.440. The standard InChI is InChI=1S/C25H28O6/c1-4-21(25(24(27)28)13-6-14-25)31-22-18(10-12-20(29-2)23(22)30-3)15-7-5-8-17-16(15)9-11-19(17)26/h5,7-8,10,12,21H,4,6,9,11,13-14H2,1-3H3,(H,27,28)/i2D3. The molecule has 0 aliphatic heterocycles. The van der Waals surface area contributed by atoms with Gasteiger partial charge in [0.1, 0.15) is 11.5 Å². The third-order valence-corrected chi connectivity index (χ3v) is 6.68. The highest BCUT2D eigenvalue weighted by Crippen LogP contribution is 2.51. The van der Waals surface area contributed by atoms with Crippen molar-refractivity contribution in [2.24, 2.45) is 5.41 Å². The number of aliphatic carboxylic acids is 1. The van der Waals surface area contributed by atoms with Gasteiger partial charge in [-0.05, 0) is 48.9 Å². The van der Waals surface area contributed by atoms with Crippen LogP contribution in [-0.4, -0.2) is 37.1 Å². The smallest absolute Gasteiger partial charge is 0.313 e. The predicted molar refractivity (Wildman–Crippen MR) is 116 cm³/mol. The van der Waals surface area contributed by atoms with Gasteiger partial charge in [0.2, 0.25) is 5.75 Å². The number of carbonyl (C=O) groups excluding carboxylic acids is 1. The van der Waals surface area contributed by atoms with Gasteiger partial charge in [-0.2, -0.15) is 0 Å². The molecule has 1 saturated carbocycles. The second-order valence-corrected chi connectivity index (χ2v) is 8.16. The van der Waals surface area contributed by atoms with E-state index in [1.54, 1.807) is 18.2 Å². The minimum atomic E-state index is -2.72. The number of hydrogen-bond donors (Lipinski definition) is 1. The van der Waals surface area contributed by atoms with Crippen molar-refractivity contribution in [2.45, 2.75) is 51.6 Å². The van der Waals surface area contributed by atoms with Crippen LogP contribution < -0.4 is 14.2 Å². The van der Waals surface area contributed by atoms with Crippen molar-refractivity contribution in [1.29, 1.82) is 0 Å². The Kier molecular flexibility index (Phi) is 4.69. The van der Waals surface area contributed by atoms with E-state index in [2.05, 4.69) is 0 Å². The molecule has 0 amide bonds. The number of ketones is 1. The second-order valence-electron chi connectivity index (χ2n) is 8.16. The molecule has 6 nitrogen and oxygen atoms in total. The van der Waals surface area contributed by atoms with Crippen LogP contribution in [0.1, 0.15) is 59.1 Å². The summed E-state index contributed by atoms with van der Waals surface area (Å²) in [7, 11) is -1.33. The van der Waals surface area contributed by atoms with Gasteiger partial charge in [0.15, 0.2) is 17.3 Å². The Bertz CT molecular complexity index is 1120. The predicted octanol–water partition coefficient (Wildman–Crippen LogP) is 4.91. The second kappa shape index (κ2) is 8.25. The molecule has 0 heterocycles. The van der Waals surface area contributed by atoms with E-state index in [4.69, 9.17) is 18.3 Å². The lowest BCUT2D eigenvalue weighted by Gasteiger charge is -2.43. The van der Waals surface area contributed by atoms with Crippen molar-refractivity contribution in [3.8, 4) is 28.4 Å². The number of methoxy groups -OCH3 is 2.